The Balaban J connectivity index is 1.07. The molecule has 6 aromatic heterocycles. The quantitative estimate of drug-likeness (QED) is 0.154. The van der Waals surface area contributed by atoms with E-state index in [0.717, 1.165) is 65.9 Å². The second kappa shape index (κ2) is 12.6. The Morgan fingerprint density at radius 3 is 1.15 bits per heavy atom. The van der Waals surface area contributed by atoms with Gasteiger partial charge in [0.15, 0.2) is 0 Å². The summed E-state index contributed by atoms with van der Waals surface area (Å²) >= 11 is 0. The van der Waals surface area contributed by atoms with Crippen molar-refractivity contribution in [3.8, 4) is 22.3 Å². The van der Waals surface area contributed by atoms with Gasteiger partial charge >= 0.3 is 0 Å². The van der Waals surface area contributed by atoms with Gasteiger partial charge in [-0.05, 0) is 83.9 Å². The molecule has 8 nitrogen and oxygen atoms in total. The smallest absolute Gasteiger partial charge is 0.229 e. The molecule has 0 spiro atoms. The minimum atomic E-state index is -0.207. The topological polar surface area (TPSA) is 95.6 Å². The van der Waals surface area contributed by atoms with Crippen LogP contribution in [0.4, 0.5) is 0 Å². The molecular weight excluding hydrogens is 669 g/mol. The van der Waals surface area contributed by atoms with Crippen molar-refractivity contribution in [1.82, 2.24) is 29.3 Å². The van der Waals surface area contributed by atoms with Crippen molar-refractivity contribution in [3.63, 3.8) is 0 Å². The van der Waals surface area contributed by atoms with Crippen molar-refractivity contribution in [2.24, 2.45) is 0 Å². The van der Waals surface area contributed by atoms with Gasteiger partial charge in [-0.3, -0.25) is 29.5 Å². The van der Waals surface area contributed by atoms with Crippen molar-refractivity contribution in [2.45, 2.75) is 0 Å². The van der Waals surface area contributed by atoms with Gasteiger partial charge in [0.2, 0.25) is 11.6 Å². The average molecular weight is 697 g/mol. The summed E-state index contributed by atoms with van der Waals surface area (Å²) in [5.41, 5.74) is 9.54. The first-order chi connectivity index (χ1) is 26.6. The Hall–Kier alpha value is -7.58. The summed E-state index contributed by atoms with van der Waals surface area (Å²) in [6, 6.07) is 47.8. The van der Waals surface area contributed by atoms with E-state index in [0.29, 0.717) is 22.8 Å². The molecule has 0 saturated carbocycles. The molecule has 0 saturated heterocycles. The molecule has 0 atom stereocenters. The molecule has 0 N–H and O–H groups in total. The average Bonchev–Trinajstić information content (AvgIpc) is 3.75. The Kier molecular flexibility index (Phi) is 7.26. The summed E-state index contributed by atoms with van der Waals surface area (Å²) in [5, 5.41) is 4.45. The van der Waals surface area contributed by atoms with Crippen LogP contribution in [-0.2, 0) is 0 Å². The zero-order valence-electron chi connectivity index (χ0n) is 28.7. The summed E-state index contributed by atoms with van der Waals surface area (Å²) in [5.74, 6) is -0.414. The van der Waals surface area contributed by atoms with Crippen LogP contribution in [0.15, 0.2) is 170 Å². The van der Waals surface area contributed by atoms with Crippen molar-refractivity contribution in [2.75, 3.05) is 0 Å². The molecule has 6 heterocycles. The molecule has 10 aromatic rings. The van der Waals surface area contributed by atoms with Gasteiger partial charge < -0.3 is 0 Å². The number of fused-ring (bicyclic) bond motifs is 6. The maximum absolute atomic E-state index is 12.9. The lowest BCUT2D eigenvalue weighted by Crippen LogP contribution is -2.08. The van der Waals surface area contributed by atoms with E-state index in [4.69, 9.17) is 0 Å². The van der Waals surface area contributed by atoms with Crippen LogP contribution in [0.3, 0.4) is 0 Å². The number of carbonyl (C=O) groups excluding carboxylic acids is 2. The molecule has 0 aliphatic carbocycles. The molecule has 0 radical (unpaired) electrons. The number of nitrogens with zero attached hydrogens (tertiary/aromatic N) is 6. The zero-order valence-corrected chi connectivity index (χ0v) is 28.7. The number of para-hydroxylation sites is 2. The SMILES string of the molecule is O=C(c1ccccn1)c1ccc(-c2ccc3c(c2)c2ccccc2n3-n2c3ccccc3c3cc(-c4ccc(C(=O)c5ccccn5)nc4)ccc32)cn1. The molecule has 0 amide bonds. The highest BCUT2D eigenvalue weighted by Gasteiger charge is 2.20. The number of pyridine rings is 4. The summed E-state index contributed by atoms with van der Waals surface area (Å²) < 4.78 is 4.59. The molecule has 10 rings (SSSR count). The maximum atomic E-state index is 12.9. The van der Waals surface area contributed by atoms with Crippen LogP contribution < -0.4 is 0 Å². The fourth-order valence-corrected chi connectivity index (χ4v) is 7.35. The van der Waals surface area contributed by atoms with Crippen LogP contribution in [0, 0.1) is 0 Å². The first-order valence-corrected chi connectivity index (χ1v) is 17.5. The predicted octanol–water partition coefficient (Wildman–Crippen LogP) is 9.59. The molecule has 0 bridgehead atoms. The third-order valence-corrected chi connectivity index (χ3v) is 9.95. The van der Waals surface area contributed by atoms with Gasteiger partial charge in [0.05, 0.1) is 22.1 Å². The third kappa shape index (κ3) is 5.08. The molecule has 54 heavy (non-hydrogen) atoms. The third-order valence-electron chi connectivity index (χ3n) is 9.95. The maximum Gasteiger partial charge on any atom is 0.229 e. The summed E-state index contributed by atoms with van der Waals surface area (Å²) in [6.07, 6.45) is 6.72. The lowest BCUT2D eigenvalue weighted by Gasteiger charge is -2.13. The number of carbonyl (C=O) groups is 2. The van der Waals surface area contributed by atoms with E-state index in [-0.39, 0.29) is 11.6 Å². The van der Waals surface area contributed by atoms with E-state index in [1.54, 1.807) is 73.3 Å². The van der Waals surface area contributed by atoms with E-state index in [1.807, 2.05) is 12.1 Å². The second-order valence-electron chi connectivity index (χ2n) is 13.1. The van der Waals surface area contributed by atoms with Crippen molar-refractivity contribution >= 4 is 55.2 Å². The first kappa shape index (κ1) is 31.2. The highest BCUT2D eigenvalue weighted by Crippen LogP contribution is 2.38. The van der Waals surface area contributed by atoms with E-state index in [1.165, 1.54) is 0 Å². The molecule has 4 aromatic carbocycles. The van der Waals surface area contributed by atoms with Crippen LogP contribution >= 0.6 is 0 Å². The number of aromatic nitrogens is 6. The van der Waals surface area contributed by atoms with Gasteiger partial charge in [-0.1, -0.05) is 72.8 Å². The van der Waals surface area contributed by atoms with E-state index in [9.17, 15) is 9.59 Å². The minimum absolute atomic E-state index is 0.207. The zero-order chi connectivity index (χ0) is 36.2. The van der Waals surface area contributed by atoms with Crippen molar-refractivity contribution in [1.29, 1.82) is 0 Å². The Labute approximate surface area is 308 Å². The second-order valence-corrected chi connectivity index (χ2v) is 13.1. The Morgan fingerprint density at radius 1 is 0.352 bits per heavy atom. The van der Waals surface area contributed by atoms with Crippen LogP contribution in [0.1, 0.15) is 32.4 Å². The molecule has 254 valence electrons. The Morgan fingerprint density at radius 2 is 0.741 bits per heavy atom. The summed E-state index contributed by atoms with van der Waals surface area (Å²) in [4.78, 5) is 43.3. The molecule has 0 aliphatic rings. The standard InChI is InChI=1S/C46H28N6O2/c53-45(37-11-5-7-23-47-37)39-19-15-31(27-49-39)29-17-21-43-35(25-29)33-9-1-3-13-41(33)51(43)52-42-14-4-2-10-34(42)36-26-30(18-22-44(36)52)32-16-20-40(50-28-32)46(54)38-12-6-8-24-48-38/h1-28H. The van der Waals surface area contributed by atoms with Gasteiger partial charge in [-0.25, -0.2) is 9.35 Å². The van der Waals surface area contributed by atoms with Gasteiger partial charge in [0.25, 0.3) is 0 Å². The van der Waals surface area contributed by atoms with Crippen LogP contribution in [0.5, 0.6) is 0 Å². The molecule has 8 heteroatoms. The van der Waals surface area contributed by atoms with Crippen molar-refractivity contribution in [3.05, 3.63) is 193 Å². The van der Waals surface area contributed by atoms with E-state index < -0.39 is 0 Å². The largest absolute Gasteiger partial charge is 0.285 e. The fourth-order valence-electron chi connectivity index (χ4n) is 7.35. The normalized spacial score (nSPS) is 11.5. The lowest BCUT2D eigenvalue weighted by molar-refractivity contribution is 0.102. The Bertz CT molecular complexity index is 2850. The number of ketones is 2. The number of rotatable bonds is 7. The first-order valence-electron chi connectivity index (χ1n) is 17.5. The van der Waals surface area contributed by atoms with E-state index >= 15 is 0 Å². The number of benzene rings is 4. The molecular formula is C46H28N6O2. The van der Waals surface area contributed by atoms with Crippen molar-refractivity contribution < 1.29 is 9.59 Å². The number of hydrogen-bond acceptors (Lipinski definition) is 6. The molecule has 0 unspecified atom stereocenters. The van der Waals surface area contributed by atoms with Crippen LogP contribution in [0.25, 0.3) is 65.9 Å². The fraction of sp³-hybridized carbons (Fsp3) is 0. The van der Waals surface area contributed by atoms with Gasteiger partial charge in [-0.2, -0.15) is 0 Å². The van der Waals surface area contributed by atoms with Crippen LogP contribution in [-0.4, -0.2) is 40.9 Å². The number of hydrogen-bond donors (Lipinski definition) is 0. The predicted molar refractivity (Wildman–Crippen MR) is 211 cm³/mol. The minimum Gasteiger partial charge on any atom is -0.285 e. The van der Waals surface area contributed by atoms with Gasteiger partial charge in [0, 0.05) is 57.5 Å². The van der Waals surface area contributed by atoms with Gasteiger partial charge in [0.1, 0.15) is 22.8 Å². The monoisotopic (exact) mass is 696 g/mol. The van der Waals surface area contributed by atoms with Gasteiger partial charge in [-0.15, -0.1) is 0 Å². The summed E-state index contributed by atoms with van der Waals surface area (Å²) in [6.45, 7) is 0. The van der Waals surface area contributed by atoms with Crippen LogP contribution in [0.2, 0.25) is 0 Å². The molecule has 0 aliphatic heterocycles. The summed E-state index contributed by atoms with van der Waals surface area (Å²) in [7, 11) is 0. The molecule has 0 fully saturated rings. The highest BCUT2D eigenvalue weighted by molar-refractivity contribution is 6.13. The van der Waals surface area contributed by atoms with E-state index in [2.05, 4.69) is 114 Å². The lowest BCUT2D eigenvalue weighted by atomic mass is 10.0. The highest BCUT2D eigenvalue weighted by atomic mass is 16.1.